The van der Waals surface area contributed by atoms with Crippen molar-refractivity contribution in [1.82, 2.24) is 10.2 Å². The number of nitrogens with one attached hydrogen (secondary N) is 1. The van der Waals surface area contributed by atoms with Gasteiger partial charge in [0.05, 0.1) is 4.90 Å². The Morgan fingerprint density at radius 3 is 2.68 bits per heavy atom. The molecule has 0 saturated carbocycles. The quantitative estimate of drug-likeness (QED) is 0.881. The Bertz CT molecular complexity index is 756. The fourth-order valence-corrected chi connectivity index (χ4v) is 3.04. The maximum atomic E-state index is 13.1. The molecule has 0 aliphatic carbocycles. The molecule has 0 aliphatic heterocycles. The highest BCUT2D eigenvalue weighted by Gasteiger charge is 2.20. The molecule has 8 heteroatoms. The van der Waals surface area contributed by atoms with Crippen LogP contribution in [0.25, 0.3) is 0 Å². The van der Waals surface area contributed by atoms with Crippen molar-refractivity contribution in [3.05, 3.63) is 35.5 Å². The molecule has 0 amide bonds. The van der Waals surface area contributed by atoms with E-state index in [9.17, 15) is 12.8 Å². The highest BCUT2D eigenvalue weighted by atomic mass is 32.2. The van der Waals surface area contributed by atoms with Gasteiger partial charge in [-0.1, -0.05) is 18.9 Å². The molecule has 0 atom stereocenters. The van der Waals surface area contributed by atoms with Crippen LogP contribution in [-0.2, 0) is 16.4 Å². The highest BCUT2D eigenvalue weighted by Crippen LogP contribution is 2.20. The molecule has 2 aromatic rings. The summed E-state index contributed by atoms with van der Waals surface area (Å²) in [7, 11) is -3.89. The summed E-state index contributed by atoms with van der Waals surface area (Å²) in [4.78, 5) is -0.0316. The second-order valence-corrected chi connectivity index (χ2v) is 7.10. The van der Waals surface area contributed by atoms with Crippen molar-refractivity contribution >= 4 is 16.0 Å². The van der Waals surface area contributed by atoms with E-state index >= 15 is 0 Å². The number of benzene rings is 1. The number of aromatic nitrogens is 2. The summed E-state index contributed by atoms with van der Waals surface area (Å²) in [5, 5.41) is 7.47. The van der Waals surface area contributed by atoms with E-state index in [1.807, 2.05) is 0 Å². The van der Waals surface area contributed by atoms with Crippen molar-refractivity contribution in [3.8, 4) is 0 Å². The van der Waals surface area contributed by atoms with Gasteiger partial charge in [-0.15, -0.1) is 5.10 Å². The molecule has 1 N–H and O–H groups in total. The van der Waals surface area contributed by atoms with E-state index in [0.29, 0.717) is 23.8 Å². The lowest BCUT2D eigenvalue weighted by molar-refractivity contribution is 0.471. The van der Waals surface area contributed by atoms with Crippen molar-refractivity contribution in [1.29, 1.82) is 0 Å². The molecular weight excluding hydrogens is 309 g/mol. The summed E-state index contributed by atoms with van der Waals surface area (Å²) in [5.41, 5.74) is 0.298. The number of sulfonamides is 1. The van der Waals surface area contributed by atoms with E-state index < -0.39 is 15.8 Å². The van der Waals surface area contributed by atoms with Crippen molar-refractivity contribution in [2.45, 2.75) is 38.5 Å². The van der Waals surface area contributed by atoms with E-state index in [0.717, 1.165) is 18.6 Å². The molecule has 0 saturated heterocycles. The summed E-state index contributed by atoms with van der Waals surface area (Å²) in [6.07, 6.45) is 1.45. The summed E-state index contributed by atoms with van der Waals surface area (Å²) in [5.74, 6) is 0.362. The fraction of sp³-hybridized carbons (Fsp3) is 0.429. The van der Waals surface area contributed by atoms with Crippen LogP contribution in [0.5, 0.6) is 0 Å². The summed E-state index contributed by atoms with van der Waals surface area (Å²) in [6.45, 7) is 5.65. The molecule has 0 aliphatic rings. The first-order valence-corrected chi connectivity index (χ1v) is 8.37. The highest BCUT2D eigenvalue weighted by molar-refractivity contribution is 7.92. The average Bonchev–Trinajstić information content (AvgIpc) is 2.82. The Labute approximate surface area is 128 Å². The monoisotopic (exact) mass is 327 g/mol. The number of rotatable bonds is 6. The van der Waals surface area contributed by atoms with Crippen LogP contribution < -0.4 is 4.72 Å². The predicted molar refractivity (Wildman–Crippen MR) is 79.4 cm³/mol. The first kappa shape index (κ1) is 16.4. The van der Waals surface area contributed by atoms with Gasteiger partial charge in [0, 0.05) is 6.42 Å². The van der Waals surface area contributed by atoms with Crippen LogP contribution in [-0.4, -0.2) is 18.6 Å². The van der Waals surface area contributed by atoms with Crippen LogP contribution in [0.2, 0.25) is 0 Å². The molecule has 6 nitrogen and oxygen atoms in total. The Hall–Kier alpha value is -1.96. The maximum absolute atomic E-state index is 13.1. The molecule has 0 fully saturated rings. The van der Waals surface area contributed by atoms with Crippen LogP contribution >= 0.6 is 0 Å². The largest absolute Gasteiger partial charge is 0.407 e. The third-order valence-electron chi connectivity index (χ3n) is 3.05. The van der Waals surface area contributed by atoms with Crippen LogP contribution in [0.4, 0.5) is 10.4 Å². The predicted octanol–water partition coefficient (Wildman–Crippen LogP) is 2.91. The number of nitrogens with zero attached hydrogens (tertiary/aromatic N) is 2. The lowest BCUT2D eigenvalue weighted by atomic mass is 10.1. The van der Waals surface area contributed by atoms with Gasteiger partial charge in [-0.25, -0.2) is 17.5 Å². The average molecular weight is 327 g/mol. The van der Waals surface area contributed by atoms with Gasteiger partial charge in [-0.05, 0) is 43.0 Å². The van der Waals surface area contributed by atoms with Crippen molar-refractivity contribution in [2.75, 3.05) is 4.72 Å². The van der Waals surface area contributed by atoms with Crippen LogP contribution in [0, 0.1) is 18.7 Å². The van der Waals surface area contributed by atoms with Gasteiger partial charge in [0.15, 0.2) is 0 Å². The molecule has 0 unspecified atom stereocenters. The smallest absolute Gasteiger partial charge is 0.329 e. The zero-order valence-corrected chi connectivity index (χ0v) is 13.4. The maximum Gasteiger partial charge on any atom is 0.329 e. The minimum absolute atomic E-state index is 0.0316. The fourth-order valence-electron chi connectivity index (χ4n) is 1.89. The minimum Gasteiger partial charge on any atom is -0.407 e. The van der Waals surface area contributed by atoms with E-state index in [-0.39, 0.29) is 10.9 Å². The number of anilines is 1. The van der Waals surface area contributed by atoms with Gasteiger partial charge in [-0.3, -0.25) is 0 Å². The van der Waals surface area contributed by atoms with Gasteiger partial charge in [-0.2, -0.15) is 0 Å². The molecule has 1 aromatic heterocycles. The zero-order chi connectivity index (χ0) is 16.3. The first-order chi connectivity index (χ1) is 10.3. The molecular formula is C14H18FN3O3S. The summed E-state index contributed by atoms with van der Waals surface area (Å²) in [6, 6.07) is 3.24. The Kier molecular flexibility index (Phi) is 4.80. The van der Waals surface area contributed by atoms with E-state index in [4.69, 9.17) is 4.42 Å². The molecule has 1 aromatic carbocycles. The SMILES string of the molecule is Cc1cc(F)ccc1S(=O)(=O)Nc1nnc(CCC(C)C)o1. The first-order valence-electron chi connectivity index (χ1n) is 6.89. The molecule has 0 spiro atoms. The Morgan fingerprint density at radius 2 is 2.05 bits per heavy atom. The van der Waals surface area contributed by atoms with Gasteiger partial charge in [0.25, 0.3) is 10.0 Å². The molecule has 0 radical (unpaired) electrons. The second-order valence-electron chi connectivity index (χ2n) is 5.45. The van der Waals surface area contributed by atoms with Crippen LogP contribution in [0.3, 0.4) is 0 Å². The van der Waals surface area contributed by atoms with Gasteiger partial charge >= 0.3 is 6.01 Å². The summed E-state index contributed by atoms with van der Waals surface area (Å²) < 4.78 is 45.0. The standard InChI is InChI=1S/C14H18FN3O3S/c1-9(2)4-7-13-16-17-14(21-13)18-22(19,20)12-6-5-11(15)8-10(12)3/h5-6,8-9H,4,7H2,1-3H3,(H,17,18). The number of aryl methyl sites for hydroxylation is 2. The van der Waals surface area contributed by atoms with E-state index in [2.05, 4.69) is 28.8 Å². The Morgan fingerprint density at radius 1 is 1.32 bits per heavy atom. The van der Waals surface area contributed by atoms with Gasteiger partial charge < -0.3 is 4.42 Å². The molecule has 2 rings (SSSR count). The van der Waals surface area contributed by atoms with Crippen LogP contribution in [0.15, 0.2) is 27.5 Å². The van der Waals surface area contributed by atoms with Crippen molar-refractivity contribution in [2.24, 2.45) is 5.92 Å². The zero-order valence-electron chi connectivity index (χ0n) is 12.6. The Balaban J connectivity index is 2.15. The van der Waals surface area contributed by atoms with E-state index in [1.54, 1.807) is 0 Å². The van der Waals surface area contributed by atoms with Crippen molar-refractivity contribution < 1.29 is 17.2 Å². The lowest BCUT2D eigenvalue weighted by Gasteiger charge is -2.07. The second kappa shape index (κ2) is 6.43. The molecule has 0 bridgehead atoms. The van der Waals surface area contributed by atoms with Crippen LogP contribution in [0.1, 0.15) is 31.7 Å². The third kappa shape index (κ3) is 4.03. The molecule has 22 heavy (non-hydrogen) atoms. The topological polar surface area (TPSA) is 85.1 Å². The number of halogens is 1. The molecule has 120 valence electrons. The third-order valence-corrected chi connectivity index (χ3v) is 4.53. The lowest BCUT2D eigenvalue weighted by Crippen LogP contribution is -2.14. The minimum atomic E-state index is -3.89. The summed E-state index contributed by atoms with van der Waals surface area (Å²) >= 11 is 0. The van der Waals surface area contributed by atoms with Gasteiger partial charge in [0.2, 0.25) is 5.89 Å². The van der Waals surface area contributed by atoms with Gasteiger partial charge in [0.1, 0.15) is 5.82 Å². The number of hydrogen-bond donors (Lipinski definition) is 1. The normalized spacial score (nSPS) is 11.9. The van der Waals surface area contributed by atoms with Crippen molar-refractivity contribution in [3.63, 3.8) is 0 Å². The molecule has 1 heterocycles. The van der Waals surface area contributed by atoms with E-state index in [1.165, 1.54) is 13.0 Å². The number of hydrogen-bond acceptors (Lipinski definition) is 5.